The normalized spacial score (nSPS) is 21.4. The third-order valence-electron chi connectivity index (χ3n) is 0.915. The number of hydrogen-bond donors (Lipinski definition) is 0. The van der Waals surface area contributed by atoms with E-state index in [2.05, 4.69) is 4.74 Å². The van der Waals surface area contributed by atoms with E-state index in [-0.39, 0.29) is 5.97 Å². The van der Waals surface area contributed by atoms with E-state index in [0.717, 1.165) is 6.42 Å². The monoisotopic (exact) mass is 99.0 g/mol. The van der Waals surface area contributed by atoms with Gasteiger partial charge in [-0.05, 0) is 12.8 Å². The maximum atomic E-state index is 10.2. The fourth-order valence-corrected chi connectivity index (χ4v) is 0.527. The molecule has 7 heavy (non-hydrogen) atoms. The summed E-state index contributed by atoms with van der Waals surface area (Å²) in [6.07, 6.45) is 3.42. The second-order valence-electron chi connectivity index (χ2n) is 1.51. The Labute approximate surface area is 42.5 Å². The topological polar surface area (TPSA) is 26.3 Å². The molecule has 1 radical (unpaired) electrons. The minimum atomic E-state index is -0.0671. The molecule has 1 aliphatic heterocycles. The quantitative estimate of drug-likeness (QED) is 0.414. The van der Waals surface area contributed by atoms with Crippen LogP contribution < -0.4 is 0 Å². The lowest BCUT2D eigenvalue weighted by Gasteiger charge is -2.07. The number of cyclic esters (lactones) is 1. The van der Waals surface area contributed by atoms with Crippen molar-refractivity contribution in [1.82, 2.24) is 0 Å². The first kappa shape index (κ1) is 4.62. The van der Waals surface area contributed by atoms with Crippen molar-refractivity contribution in [2.75, 3.05) is 6.61 Å². The van der Waals surface area contributed by atoms with Gasteiger partial charge >= 0.3 is 5.97 Å². The molecule has 1 fully saturated rings. The van der Waals surface area contributed by atoms with Gasteiger partial charge in [-0.25, -0.2) is 0 Å². The first-order chi connectivity index (χ1) is 3.39. The number of ether oxygens (including phenoxy) is 1. The summed E-state index contributed by atoms with van der Waals surface area (Å²) < 4.78 is 4.58. The summed E-state index contributed by atoms with van der Waals surface area (Å²) in [6.45, 7) is 0.513. The van der Waals surface area contributed by atoms with Crippen molar-refractivity contribution in [3.8, 4) is 0 Å². The number of carbonyl (C=O) groups is 1. The van der Waals surface area contributed by atoms with Crippen LogP contribution in [0.15, 0.2) is 0 Å². The van der Waals surface area contributed by atoms with Crippen molar-refractivity contribution in [3.63, 3.8) is 0 Å². The highest BCUT2D eigenvalue weighted by Gasteiger charge is 2.06. The van der Waals surface area contributed by atoms with Crippen LogP contribution in [-0.2, 0) is 9.53 Å². The lowest BCUT2D eigenvalue weighted by molar-refractivity contribution is -0.144. The van der Waals surface area contributed by atoms with Gasteiger partial charge in [0.1, 0.15) is 0 Å². The Morgan fingerprint density at radius 3 is 2.86 bits per heavy atom. The average Bonchev–Trinajstić information content (AvgIpc) is 1.69. The van der Waals surface area contributed by atoms with Crippen LogP contribution in [0, 0.1) is 6.42 Å². The Morgan fingerprint density at radius 1 is 1.71 bits per heavy atom. The molecule has 0 spiro atoms. The predicted molar refractivity (Wildman–Crippen MR) is 24.5 cm³/mol. The molecule has 0 aromatic carbocycles. The van der Waals surface area contributed by atoms with Crippen LogP contribution in [0.2, 0.25) is 0 Å². The van der Waals surface area contributed by atoms with Crippen LogP contribution >= 0.6 is 0 Å². The zero-order valence-electron chi connectivity index (χ0n) is 4.02. The fourth-order valence-electron chi connectivity index (χ4n) is 0.527. The first-order valence-corrected chi connectivity index (χ1v) is 2.37. The number of hydrogen-bond acceptors (Lipinski definition) is 2. The van der Waals surface area contributed by atoms with Crippen LogP contribution in [0.4, 0.5) is 0 Å². The lowest BCUT2D eigenvalue weighted by atomic mass is 10.2. The summed E-state index contributed by atoms with van der Waals surface area (Å²) in [7, 11) is 0. The smallest absolute Gasteiger partial charge is 0.305 e. The van der Waals surface area contributed by atoms with Crippen LogP contribution in [0.25, 0.3) is 0 Å². The van der Waals surface area contributed by atoms with Crippen molar-refractivity contribution in [2.24, 2.45) is 0 Å². The molecule has 0 aliphatic carbocycles. The second-order valence-corrected chi connectivity index (χ2v) is 1.51. The Morgan fingerprint density at radius 2 is 2.57 bits per heavy atom. The highest BCUT2D eigenvalue weighted by atomic mass is 16.5. The van der Waals surface area contributed by atoms with E-state index < -0.39 is 0 Å². The van der Waals surface area contributed by atoms with Gasteiger partial charge < -0.3 is 4.74 Å². The molecule has 1 saturated heterocycles. The lowest BCUT2D eigenvalue weighted by Crippen LogP contribution is -2.11. The molecule has 1 rings (SSSR count). The number of carbonyl (C=O) groups excluding carboxylic acids is 1. The average molecular weight is 99.1 g/mol. The molecule has 1 aliphatic rings. The fraction of sp³-hybridized carbons (Fsp3) is 0.600. The molecule has 0 saturated carbocycles. The summed E-state index contributed by atoms with van der Waals surface area (Å²) in [5.74, 6) is -0.0671. The molecular formula is C5H7O2. The summed E-state index contributed by atoms with van der Waals surface area (Å²) in [5, 5.41) is 0. The predicted octanol–water partition coefficient (Wildman–Crippen LogP) is 0.528. The van der Waals surface area contributed by atoms with E-state index in [1.807, 2.05) is 6.42 Å². The van der Waals surface area contributed by atoms with Gasteiger partial charge in [0.15, 0.2) is 0 Å². The van der Waals surface area contributed by atoms with Gasteiger partial charge in [0.2, 0.25) is 0 Å². The number of esters is 1. The number of rotatable bonds is 0. The minimum Gasteiger partial charge on any atom is -0.465 e. The van der Waals surface area contributed by atoms with Crippen molar-refractivity contribution < 1.29 is 9.53 Å². The van der Waals surface area contributed by atoms with Crippen molar-refractivity contribution in [1.29, 1.82) is 0 Å². The van der Waals surface area contributed by atoms with Gasteiger partial charge in [-0.3, -0.25) is 4.79 Å². The van der Waals surface area contributed by atoms with E-state index in [1.165, 1.54) is 0 Å². The molecular weight excluding hydrogens is 92.1 g/mol. The molecule has 0 N–H and O–H groups in total. The van der Waals surface area contributed by atoms with Crippen LogP contribution in [-0.4, -0.2) is 12.6 Å². The van der Waals surface area contributed by atoms with Crippen LogP contribution in [0.1, 0.15) is 12.8 Å². The molecule has 0 bridgehead atoms. The summed E-state index contributed by atoms with van der Waals surface area (Å²) in [4.78, 5) is 10.2. The first-order valence-electron chi connectivity index (χ1n) is 2.37. The SMILES string of the molecule is O=C1CC[CH]CO1. The summed E-state index contributed by atoms with van der Waals surface area (Å²) >= 11 is 0. The van der Waals surface area contributed by atoms with Crippen LogP contribution in [0.3, 0.4) is 0 Å². The zero-order chi connectivity index (χ0) is 5.11. The highest BCUT2D eigenvalue weighted by Crippen LogP contribution is 2.03. The van der Waals surface area contributed by atoms with Gasteiger partial charge in [0.25, 0.3) is 0 Å². The standard InChI is InChI=1S/C5H7O2/c6-5-3-1-2-4-7-5/h2H,1,3-4H2. The highest BCUT2D eigenvalue weighted by molar-refractivity contribution is 5.70. The molecule has 0 amide bonds. The molecule has 0 atom stereocenters. The van der Waals surface area contributed by atoms with Crippen molar-refractivity contribution in [3.05, 3.63) is 6.42 Å². The molecule has 0 unspecified atom stereocenters. The summed E-state index contributed by atoms with van der Waals surface area (Å²) in [5.41, 5.74) is 0. The van der Waals surface area contributed by atoms with E-state index in [0.29, 0.717) is 13.0 Å². The summed E-state index contributed by atoms with van der Waals surface area (Å²) in [6, 6.07) is 0. The molecule has 1 heterocycles. The maximum Gasteiger partial charge on any atom is 0.305 e. The molecule has 2 heteroatoms. The Kier molecular flexibility index (Phi) is 1.29. The van der Waals surface area contributed by atoms with Crippen molar-refractivity contribution >= 4 is 5.97 Å². The van der Waals surface area contributed by atoms with Gasteiger partial charge in [0.05, 0.1) is 6.61 Å². The van der Waals surface area contributed by atoms with E-state index in [9.17, 15) is 4.79 Å². The van der Waals surface area contributed by atoms with Gasteiger partial charge in [-0.1, -0.05) is 0 Å². The van der Waals surface area contributed by atoms with E-state index >= 15 is 0 Å². The zero-order valence-corrected chi connectivity index (χ0v) is 4.02. The molecule has 39 valence electrons. The largest absolute Gasteiger partial charge is 0.465 e. The van der Waals surface area contributed by atoms with Gasteiger partial charge in [0, 0.05) is 6.42 Å². The van der Waals surface area contributed by atoms with E-state index in [4.69, 9.17) is 0 Å². The minimum absolute atomic E-state index is 0.0671. The van der Waals surface area contributed by atoms with Crippen molar-refractivity contribution in [2.45, 2.75) is 12.8 Å². The molecule has 0 aromatic rings. The molecule has 2 nitrogen and oxygen atoms in total. The third-order valence-corrected chi connectivity index (χ3v) is 0.915. The van der Waals surface area contributed by atoms with Crippen LogP contribution in [0.5, 0.6) is 0 Å². The molecule has 0 aromatic heterocycles. The second kappa shape index (κ2) is 1.96. The Bertz CT molecular complexity index is 70.1. The van der Waals surface area contributed by atoms with Gasteiger partial charge in [-0.2, -0.15) is 0 Å². The third kappa shape index (κ3) is 1.18. The van der Waals surface area contributed by atoms with E-state index in [1.54, 1.807) is 0 Å². The van der Waals surface area contributed by atoms with Gasteiger partial charge in [-0.15, -0.1) is 0 Å². The Balaban J connectivity index is 2.25. The Hall–Kier alpha value is -0.530. The maximum absolute atomic E-state index is 10.2.